The number of hydrogen-bond donors (Lipinski definition) is 2. The van der Waals surface area contributed by atoms with Gasteiger partial charge in [0.1, 0.15) is 5.69 Å². The summed E-state index contributed by atoms with van der Waals surface area (Å²) in [6, 6.07) is 7.75. The minimum atomic E-state index is -0.218. The molecule has 1 aromatic heterocycles. The molecule has 0 fully saturated rings. The van der Waals surface area contributed by atoms with E-state index >= 15 is 0 Å². The van der Waals surface area contributed by atoms with Gasteiger partial charge in [-0.15, -0.1) is 0 Å². The minimum absolute atomic E-state index is 0.167. The lowest BCUT2D eigenvalue weighted by Gasteiger charge is -2.20. The van der Waals surface area contributed by atoms with Gasteiger partial charge in [-0.05, 0) is 50.8 Å². The number of nitrogens with zero attached hydrogens (tertiary/aromatic N) is 2. The topological polar surface area (TPSA) is 66.9 Å². The molecule has 0 saturated heterocycles. The van der Waals surface area contributed by atoms with E-state index in [-0.39, 0.29) is 11.4 Å². The van der Waals surface area contributed by atoms with Gasteiger partial charge < -0.3 is 10.6 Å². The first kappa shape index (κ1) is 17.9. The van der Waals surface area contributed by atoms with Crippen molar-refractivity contribution < 1.29 is 4.79 Å². The number of carbonyl (C=O) groups excluding carboxylic acids is 1. The molecular formula is C19H26N4O. The summed E-state index contributed by atoms with van der Waals surface area (Å²) >= 11 is 0. The van der Waals surface area contributed by atoms with Gasteiger partial charge in [0.15, 0.2) is 0 Å². The van der Waals surface area contributed by atoms with Crippen LogP contribution in [0.1, 0.15) is 56.2 Å². The van der Waals surface area contributed by atoms with Gasteiger partial charge in [-0.1, -0.05) is 32.0 Å². The van der Waals surface area contributed by atoms with Crippen molar-refractivity contribution in [1.82, 2.24) is 9.97 Å². The van der Waals surface area contributed by atoms with Crippen LogP contribution in [0.15, 0.2) is 30.5 Å². The standard InChI is InChI=1S/C19H26N4O/c1-6-13-9-8-10-14(7-2)16(13)22-17(24)15-11-12-20-18(21-15)23-19(3,4)5/h8-12H,6-7H2,1-5H3,(H,22,24)(H,20,21,23). The molecule has 1 amide bonds. The molecule has 0 bridgehead atoms. The van der Waals surface area contributed by atoms with Gasteiger partial charge in [0, 0.05) is 17.4 Å². The molecule has 2 rings (SSSR count). The molecule has 0 aliphatic heterocycles. The van der Waals surface area contributed by atoms with Crippen molar-refractivity contribution >= 4 is 17.5 Å². The minimum Gasteiger partial charge on any atom is -0.350 e. The van der Waals surface area contributed by atoms with Crippen LogP contribution in [0, 0.1) is 0 Å². The van der Waals surface area contributed by atoms with Gasteiger partial charge in [0.05, 0.1) is 0 Å². The smallest absolute Gasteiger partial charge is 0.274 e. The number of anilines is 2. The highest BCUT2D eigenvalue weighted by atomic mass is 16.1. The number of para-hydroxylation sites is 1. The van der Waals surface area contributed by atoms with E-state index in [2.05, 4.69) is 34.4 Å². The van der Waals surface area contributed by atoms with Crippen molar-refractivity contribution in [3.05, 3.63) is 47.3 Å². The molecule has 0 aliphatic rings. The van der Waals surface area contributed by atoms with Crippen molar-refractivity contribution in [2.24, 2.45) is 0 Å². The average molecular weight is 326 g/mol. The van der Waals surface area contributed by atoms with Crippen LogP contribution in [0.4, 0.5) is 11.6 Å². The molecule has 1 aromatic carbocycles. The molecule has 0 unspecified atom stereocenters. The highest BCUT2D eigenvalue weighted by Crippen LogP contribution is 2.23. The van der Waals surface area contributed by atoms with Crippen LogP contribution in [-0.4, -0.2) is 21.4 Å². The number of benzene rings is 1. The molecule has 5 heteroatoms. The third-order valence-electron chi connectivity index (χ3n) is 3.61. The van der Waals surface area contributed by atoms with Gasteiger partial charge in [0.2, 0.25) is 5.95 Å². The molecular weight excluding hydrogens is 300 g/mol. The number of aryl methyl sites for hydroxylation is 2. The molecule has 5 nitrogen and oxygen atoms in total. The third-order valence-corrected chi connectivity index (χ3v) is 3.61. The van der Waals surface area contributed by atoms with Gasteiger partial charge in [-0.25, -0.2) is 9.97 Å². The first-order chi connectivity index (χ1) is 11.3. The maximum absolute atomic E-state index is 12.6. The van der Waals surface area contributed by atoms with Crippen molar-refractivity contribution in [2.75, 3.05) is 10.6 Å². The van der Waals surface area contributed by atoms with Crippen LogP contribution in [0.2, 0.25) is 0 Å². The van der Waals surface area contributed by atoms with E-state index in [1.807, 2.05) is 39.0 Å². The second-order valence-electron chi connectivity index (χ2n) is 6.75. The van der Waals surface area contributed by atoms with E-state index in [1.165, 1.54) is 0 Å². The highest BCUT2D eigenvalue weighted by Gasteiger charge is 2.16. The summed E-state index contributed by atoms with van der Waals surface area (Å²) < 4.78 is 0. The summed E-state index contributed by atoms with van der Waals surface area (Å²) in [6.07, 6.45) is 3.33. The Kier molecular flexibility index (Phi) is 5.54. The fourth-order valence-corrected chi connectivity index (χ4v) is 2.46. The molecule has 0 saturated carbocycles. The van der Waals surface area contributed by atoms with Gasteiger partial charge in [-0.3, -0.25) is 4.79 Å². The van der Waals surface area contributed by atoms with Crippen LogP contribution in [0.3, 0.4) is 0 Å². The van der Waals surface area contributed by atoms with E-state index in [0.29, 0.717) is 11.6 Å². The van der Waals surface area contributed by atoms with Crippen molar-refractivity contribution in [2.45, 2.75) is 53.0 Å². The third kappa shape index (κ3) is 4.54. The van der Waals surface area contributed by atoms with Crippen LogP contribution in [0.25, 0.3) is 0 Å². The monoisotopic (exact) mass is 326 g/mol. The maximum Gasteiger partial charge on any atom is 0.274 e. The Morgan fingerprint density at radius 1 is 1.08 bits per heavy atom. The Hall–Kier alpha value is -2.43. The van der Waals surface area contributed by atoms with Crippen LogP contribution in [-0.2, 0) is 12.8 Å². The van der Waals surface area contributed by atoms with E-state index < -0.39 is 0 Å². The fourth-order valence-electron chi connectivity index (χ4n) is 2.46. The summed E-state index contributed by atoms with van der Waals surface area (Å²) in [6.45, 7) is 10.2. The second-order valence-corrected chi connectivity index (χ2v) is 6.75. The number of nitrogens with one attached hydrogen (secondary N) is 2. The number of rotatable bonds is 5. The average Bonchev–Trinajstić information content (AvgIpc) is 2.53. The fraction of sp³-hybridized carbons (Fsp3) is 0.421. The summed E-state index contributed by atoms with van der Waals surface area (Å²) in [5.74, 6) is 0.236. The molecule has 0 atom stereocenters. The lowest BCUT2D eigenvalue weighted by atomic mass is 10.0. The van der Waals surface area contributed by atoms with Gasteiger partial charge >= 0.3 is 0 Å². The zero-order valence-corrected chi connectivity index (χ0v) is 15.1. The molecule has 0 aliphatic carbocycles. The molecule has 128 valence electrons. The first-order valence-electron chi connectivity index (χ1n) is 8.37. The van der Waals surface area contributed by atoms with E-state index in [4.69, 9.17) is 0 Å². The van der Waals surface area contributed by atoms with Gasteiger partial charge in [-0.2, -0.15) is 0 Å². The van der Waals surface area contributed by atoms with E-state index in [0.717, 1.165) is 29.7 Å². The van der Waals surface area contributed by atoms with E-state index in [1.54, 1.807) is 12.3 Å². The molecule has 0 radical (unpaired) electrons. The van der Waals surface area contributed by atoms with Crippen LogP contribution >= 0.6 is 0 Å². The molecule has 24 heavy (non-hydrogen) atoms. The Balaban J connectivity index is 2.26. The molecule has 2 N–H and O–H groups in total. The van der Waals surface area contributed by atoms with Gasteiger partial charge in [0.25, 0.3) is 5.91 Å². The number of carbonyl (C=O) groups is 1. The molecule has 2 aromatic rings. The second kappa shape index (κ2) is 7.43. The summed E-state index contributed by atoms with van der Waals surface area (Å²) in [4.78, 5) is 21.1. The normalized spacial score (nSPS) is 11.2. The number of hydrogen-bond acceptors (Lipinski definition) is 4. The lowest BCUT2D eigenvalue weighted by Crippen LogP contribution is -2.28. The Bertz CT molecular complexity index is 697. The Morgan fingerprint density at radius 2 is 1.71 bits per heavy atom. The zero-order valence-electron chi connectivity index (χ0n) is 15.1. The SMILES string of the molecule is CCc1cccc(CC)c1NC(=O)c1ccnc(NC(C)(C)C)n1. The Morgan fingerprint density at radius 3 is 2.25 bits per heavy atom. The quantitative estimate of drug-likeness (QED) is 0.869. The van der Waals surface area contributed by atoms with Crippen molar-refractivity contribution in [3.8, 4) is 0 Å². The number of aromatic nitrogens is 2. The van der Waals surface area contributed by atoms with Crippen molar-refractivity contribution in [1.29, 1.82) is 0 Å². The maximum atomic E-state index is 12.6. The highest BCUT2D eigenvalue weighted by molar-refractivity contribution is 6.03. The largest absolute Gasteiger partial charge is 0.350 e. The molecule has 0 spiro atoms. The lowest BCUT2D eigenvalue weighted by molar-refractivity contribution is 0.102. The van der Waals surface area contributed by atoms with Crippen LogP contribution in [0.5, 0.6) is 0 Å². The van der Waals surface area contributed by atoms with Crippen LogP contribution < -0.4 is 10.6 Å². The summed E-state index contributed by atoms with van der Waals surface area (Å²) in [7, 11) is 0. The predicted molar refractivity (Wildman–Crippen MR) is 98.6 cm³/mol. The number of amides is 1. The first-order valence-corrected chi connectivity index (χ1v) is 8.37. The van der Waals surface area contributed by atoms with E-state index in [9.17, 15) is 4.79 Å². The molecule has 1 heterocycles. The predicted octanol–water partition coefficient (Wildman–Crippen LogP) is 4.06. The summed E-state index contributed by atoms with van der Waals surface area (Å²) in [5, 5.41) is 6.21. The Labute approximate surface area is 143 Å². The van der Waals surface area contributed by atoms with Crippen molar-refractivity contribution in [3.63, 3.8) is 0 Å². The zero-order chi connectivity index (χ0) is 17.7. The summed E-state index contributed by atoms with van der Waals surface area (Å²) in [5.41, 5.74) is 3.34.